The number of halogens is 2. The zero-order valence-corrected chi connectivity index (χ0v) is 12.7. The fourth-order valence-electron chi connectivity index (χ4n) is 1.36. The molecular weight excluding hydrogens is 313 g/mol. The Balaban J connectivity index is 3.10. The van der Waals surface area contributed by atoms with E-state index in [1.54, 1.807) is 6.92 Å². The summed E-state index contributed by atoms with van der Waals surface area (Å²) in [7, 11) is -3.63. The van der Waals surface area contributed by atoms with E-state index < -0.39 is 22.5 Å². The maximum Gasteiger partial charge on any atom is 0.326 e. The molecule has 0 radical (unpaired) electrons. The lowest BCUT2D eigenvalue weighted by atomic mass is 10.3. The Morgan fingerprint density at radius 1 is 1.32 bits per heavy atom. The van der Waals surface area contributed by atoms with Crippen LogP contribution in [0.5, 0.6) is 0 Å². The molecule has 0 heterocycles. The second-order valence-electron chi connectivity index (χ2n) is 3.67. The monoisotopic (exact) mass is 325 g/mol. The first kappa shape index (κ1) is 16.1. The van der Waals surface area contributed by atoms with Gasteiger partial charge in [0.25, 0.3) is 0 Å². The van der Waals surface area contributed by atoms with Crippen molar-refractivity contribution in [2.75, 3.05) is 23.7 Å². The number of ether oxygens (including phenoxy) is 1. The van der Waals surface area contributed by atoms with E-state index in [-0.39, 0.29) is 17.3 Å². The highest BCUT2D eigenvalue weighted by Gasteiger charge is 2.22. The van der Waals surface area contributed by atoms with E-state index in [2.05, 4.69) is 0 Å². The van der Waals surface area contributed by atoms with Gasteiger partial charge in [-0.15, -0.1) is 0 Å². The molecule has 106 valence electrons. The number of hydrogen-bond donors (Lipinski definition) is 0. The van der Waals surface area contributed by atoms with Gasteiger partial charge in [-0.2, -0.15) is 0 Å². The summed E-state index contributed by atoms with van der Waals surface area (Å²) in [4.78, 5) is 11.4. The van der Waals surface area contributed by atoms with Crippen LogP contribution in [0.1, 0.15) is 6.92 Å². The Bertz CT molecular complexity index is 574. The molecular formula is C11H13Cl2NO4S. The number of nitrogens with zero attached hydrogens (tertiary/aromatic N) is 1. The molecule has 0 aliphatic carbocycles. The van der Waals surface area contributed by atoms with E-state index >= 15 is 0 Å². The molecule has 0 saturated heterocycles. The highest BCUT2D eigenvalue weighted by atomic mass is 35.5. The summed E-state index contributed by atoms with van der Waals surface area (Å²) in [6.07, 6.45) is 0.995. The van der Waals surface area contributed by atoms with Crippen molar-refractivity contribution in [1.82, 2.24) is 0 Å². The van der Waals surface area contributed by atoms with E-state index in [4.69, 9.17) is 27.9 Å². The van der Waals surface area contributed by atoms with Gasteiger partial charge in [0.1, 0.15) is 6.54 Å². The first-order valence-corrected chi connectivity index (χ1v) is 7.94. The number of rotatable bonds is 5. The van der Waals surface area contributed by atoms with E-state index in [0.717, 1.165) is 10.6 Å². The normalized spacial score (nSPS) is 11.2. The van der Waals surface area contributed by atoms with E-state index in [9.17, 15) is 13.2 Å². The first-order valence-electron chi connectivity index (χ1n) is 5.34. The fraction of sp³-hybridized carbons (Fsp3) is 0.364. The minimum atomic E-state index is -3.63. The van der Waals surface area contributed by atoms with Gasteiger partial charge in [-0.05, 0) is 25.1 Å². The summed E-state index contributed by atoms with van der Waals surface area (Å²) in [6.45, 7) is 1.41. The van der Waals surface area contributed by atoms with Crippen LogP contribution in [0.2, 0.25) is 10.0 Å². The maximum absolute atomic E-state index is 11.7. The number of benzene rings is 1. The van der Waals surface area contributed by atoms with Crippen molar-refractivity contribution < 1.29 is 17.9 Å². The Kier molecular flexibility index (Phi) is 5.46. The quantitative estimate of drug-likeness (QED) is 0.779. The topological polar surface area (TPSA) is 63.7 Å². The maximum atomic E-state index is 11.7. The van der Waals surface area contributed by atoms with Gasteiger partial charge in [0.15, 0.2) is 0 Å². The summed E-state index contributed by atoms with van der Waals surface area (Å²) in [5.41, 5.74) is 0.255. The van der Waals surface area contributed by atoms with Gasteiger partial charge < -0.3 is 4.74 Å². The Morgan fingerprint density at radius 3 is 2.42 bits per heavy atom. The Morgan fingerprint density at radius 2 is 1.95 bits per heavy atom. The van der Waals surface area contributed by atoms with Crippen LogP contribution in [0.3, 0.4) is 0 Å². The minimum Gasteiger partial charge on any atom is -0.465 e. The highest BCUT2D eigenvalue weighted by Crippen LogP contribution is 2.28. The summed E-state index contributed by atoms with van der Waals surface area (Å²) in [5, 5.41) is 0.506. The van der Waals surface area contributed by atoms with Crippen LogP contribution < -0.4 is 4.31 Å². The van der Waals surface area contributed by atoms with Gasteiger partial charge in [0, 0.05) is 0 Å². The molecule has 0 saturated carbocycles. The minimum absolute atomic E-state index is 0.178. The van der Waals surface area contributed by atoms with Gasteiger partial charge in [-0.25, -0.2) is 8.42 Å². The van der Waals surface area contributed by atoms with Crippen LogP contribution in [0, 0.1) is 0 Å². The van der Waals surface area contributed by atoms with Gasteiger partial charge in [0.05, 0.1) is 28.6 Å². The molecule has 5 nitrogen and oxygen atoms in total. The van der Waals surface area contributed by atoms with E-state index in [1.807, 2.05) is 0 Å². The number of hydrogen-bond acceptors (Lipinski definition) is 4. The van der Waals surface area contributed by atoms with Crippen molar-refractivity contribution in [3.05, 3.63) is 28.2 Å². The molecule has 0 N–H and O–H groups in total. The molecule has 8 heteroatoms. The summed E-state index contributed by atoms with van der Waals surface area (Å²) in [6, 6.07) is 4.31. The molecule has 0 bridgehead atoms. The first-order chi connectivity index (χ1) is 8.75. The summed E-state index contributed by atoms with van der Waals surface area (Å²) >= 11 is 11.6. The van der Waals surface area contributed by atoms with Gasteiger partial charge in [0.2, 0.25) is 10.0 Å². The zero-order valence-electron chi connectivity index (χ0n) is 10.4. The third-order valence-electron chi connectivity index (χ3n) is 2.17. The van der Waals surface area contributed by atoms with Gasteiger partial charge >= 0.3 is 5.97 Å². The third-order valence-corrected chi connectivity index (χ3v) is 4.05. The molecule has 0 unspecified atom stereocenters. The lowest BCUT2D eigenvalue weighted by Gasteiger charge is -2.21. The van der Waals surface area contributed by atoms with Gasteiger partial charge in [-0.3, -0.25) is 9.10 Å². The predicted octanol–water partition coefficient (Wildman–Crippen LogP) is 2.32. The molecule has 0 atom stereocenters. The molecule has 0 spiro atoms. The van der Waals surface area contributed by atoms with Crippen molar-refractivity contribution in [2.45, 2.75) is 6.92 Å². The Labute approximate surface area is 122 Å². The van der Waals surface area contributed by atoms with Crippen molar-refractivity contribution >= 4 is 44.9 Å². The predicted molar refractivity (Wildman–Crippen MR) is 75.3 cm³/mol. The van der Waals surface area contributed by atoms with Crippen LogP contribution in [-0.4, -0.2) is 33.8 Å². The largest absolute Gasteiger partial charge is 0.465 e. The Hall–Kier alpha value is -0.980. The SMILES string of the molecule is CCOC(=O)CN(c1ccc(Cl)c(Cl)c1)S(C)(=O)=O. The van der Waals surface area contributed by atoms with Gasteiger partial charge in [-0.1, -0.05) is 23.2 Å². The lowest BCUT2D eigenvalue weighted by molar-refractivity contribution is -0.141. The van der Waals surface area contributed by atoms with E-state index in [0.29, 0.717) is 5.02 Å². The second kappa shape index (κ2) is 6.45. The standard InChI is InChI=1S/C11H13Cl2NO4S/c1-3-18-11(15)7-14(19(2,16)17)8-4-5-9(12)10(13)6-8/h4-6H,3,7H2,1-2H3. The van der Waals surface area contributed by atoms with Crippen molar-refractivity contribution in [3.63, 3.8) is 0 Å². The third kappa shape index (κ3) is 4.56. The van der Waals surface area contributed by atoms with Crippen LogP contribution >= 0.6 is 23.2 Å². The second-order valence-corrected chi connectivity index (χ2v) is 6.39. The number of sulfonamides is 1. The molecule has 0 amide bonds. The molecule has 0 aromatic heterocycles. The van der Waals surface area contributed by atoms with Crippen LogP contribution in [-0.2, 0) is 19.6 Å². The summed E-state index contributed by atoms with van der Waals surface area (Å²) < 4.78 is 29.1. The average Bonchev–Trinajstić information content (AvgIpc) is 2.29. The smallest absolute Gasteiger partial charge is 0.326 e. The van der Waals surface area contributed by atoms with Crippen LogP contribution in [0.4, 0.5) is 5.69 Å². The molecule has 1 aromatic rings. The van der Waals surface area contributed by atoms with E-state index in [1.165, 1.54) is 18.2 Å². The summed E-state index contributed by atoms with van der Waals surface area (Å²) in [5.74, 6) is -0.640. The number of anilines is 1. The molecule has 0 fully saturated rings. The molecule has 1 aromatic carbocycles. The van der Waals surface area contributed by atoms with Crippen molar-refractivity contribution in [1.29, 1.82) is 0 Å². The number of carbonyl (C=O) groups excluding carboxylic acids is 1. The zero-order chi connectivity index (χ0) is 14.6. The molecule has 0 aliphatic rings. The van der Waals surface area contributed by atoms with Crippen LogP contribution in [0.15, 0.2) is 18.2 Å². The fourth-order valence-corrected chi connectivity index (χ4v) is 2.49. The molecule has 19 heavy (non-hydrogen) atoms. The number of esters is 1. The highest BCUT2D eigenvalue weighted by molar-refractivity contribution is 7.92. The molecule has 1 rings (SSSR count). The lowest BCUT2D eigenvalue weighted by Crippen LogP contribution is -2.35. The average molecular weight is 326 g/mol. The van der Waals surface area contributed by atoms with Crippen molar-refractivity contribution in [3.8, 4) is 0 Å². The molecule has 0 aliphatic heterocycles. The van der Waals surface area contributed by atoms with Crippen LogP contribution in [0.25, 0.3) is 0 Å². The number of carbonyl (C=O) groups is 1. The van der Waals surface area contributed by atoms with Crippen molar-refractivity contribution in [2.24, 2.45) is 0 Å².